The predicted octanol–water partition coefficient (Wildman–Crippen LogP) is 2.82. The van der Waals surface area contributed by atoms with Crippen molar-refractivity contribution >= 4 is 11.6 Å². The third kappa shape index (κ3) is 2.84. The first-order valence-electron chi connectivity index (χ1n) is 8.84. The number of para-hydroxylation sites is 1. The molecule has 0 bridgehead atoms. The van der Waals surface area contributed by atoms with Gasteiger partial charge in [0.25, 0.3) is 0 Å². The van der Waals surface area contributed by atoms with Gasteiger partial charge in [-0.15, -0.1) is 0 Å². The molecule has 2 aliphatic heterocycles. The van der Waals surface area contributed by atoms with Crippen LogP contribution in [0.15, 0.2) is 42.6 Å². The van der Waals surface area contributed by atoms with Crippen LogP contribution in [-0.2, 0) is 11.3 Å². The van der Waals surface area contributed by atoms with Gasteiger partial charge in [0.1, 0.15) is 0 Å². The van der Waals surface area contributed by atoms with E-state index in [1.165, 1.54) is 0 Å². The number of aromatic nitrogens is 2. The maximum Gasteiger partial charge on any atom is 0.233 e. The van der Waals surface area contributed by atoms with E-state index >= 15 is 0 Å². The molecule has 1 spiro atoms. The molecule has 4 rings (SSSR count). The number of rotatable bonds is 3. The summed E-state index contributed by atoms with van der Waals surface area (Å²) in [5.74, 6) is 0.334. The molecular formula is C19H24N4O. The lowest BCUT2D eigenvalue weighted by molar-refractivity contribution is -0.133. The molecule has 2 aromatic rings. The number of likely N-dealkylation sites (tertiary alicyclic amines) is 1. The Balaban J connectivity index is 1.45. The fourth-order valence-corrected chi connectivity index (χ4v) is 4.14. The van der Waals surface area contributed by atoms with Crippen LogP contribution in [0.2, 0.25) is 0 Å². The summed E-state index contributed by atoms with van der Waals surface area (Å²) in [5.41, 5.74) is 2.03. The van der Waals surface area contributed by atoms with Crippen molar-refractivity contribution in [2.75, 3.05) is 24.5 Å². The minimum absolute atomic E-state index is 0.154. The molecule has 0 saturated carbocycles. The van der Waals surface area contributed by atoms with Crippen LogP contribution in [0, 0.1) is 5.41 Å². The Morgan fingerprint density at radius 3 is 2.54 bits per heavy atom. The maximum atomic E-state index is 13.2. The Morgan fingerprint density at radius 1 is 1.04 bits per heavy atom. The summed E-state index contributed by atoms with van der Waals surface area (Å²) in [6.45, 7) is 3.70. The highest BCUT2D eigenvalue weighted by molar-refractivity contribution is 5.98. The third-order valence-corrected chi connectivity index (χ3v) is 5.57. The molecule has 24 heavy (non-hydrogen) atoms. The van der Waals surface area contributed by atoms with E-state index in [1.54, 1.807) is 6.20 Å². The topological polar surface area (TPSA) is 52.2 Å². The highest BCUT2D eigenvalue weighted by Crippen LogP contribution is 2.42. The van der Waals surface area contributed by atoms with E-state index in [-0.39, 0.29) is 5.41 Å². The molecular weight excluding hydrogens is 300 g/mol. The van der Waals surface area contributed by atoms with Gasteiger partial charge >= 0.3 is 0 Å². The van der Waals surface area contributed by atoms with Crippen LogP contribution < -0.4 is 4.90 Å². The van der Waals surface area contributed by atoms with Crippen LogP contribution in [0.3, 0.4) is 0 Å². The molecule has 3 heterocycles. The second-order valence-electron chi connectivity index (χ2n) is 7.03. The minimum atomic E-state index is -0.154. The van der Waals surface area contributed by atoms with Crippen molar-refractivity contribution in [2.24, 2.45) is 5.41 Å². The Labute approximate surface area is 142 Å². The van der Waals surface area contributed by atoms with Gasteiger partial charge in [-0.1, -0.05) is 18.2 Å². The van der Waals surface area contributed by atoms with Gasteiger partial charge in [0, 0.05) is 30.7 Å². The smallest absolute Gasteiger partial charge is 0.233 e. The van der Waals surface area contributed by atoms with E-state index in [0.29, 0.717) is 5.91 Å². The number of nitrogens with one attached hydrogen (secondary N) is 1. The largest absolute Gasteiger partial charge is 0.312 e. The standard InChI is InChI=1S/C19H24N4O/c24-18-19(8-4-12-23(18)17-5-2-1-3-6-17)9-13-22(14-10-19)15-16-7-11-20-21-16/h1-3,5-7,11H,4,8-10,12-15H2,(H,20,21). The number of anilines is 1. The minimum Gasteiger partial charge on any atom is -0.312 e. The predicted molar refractivity (Wildman–Crippen MR) is 93.6 cm³/mol. The fourth-order valence-electron chi connectivity index (χ4n) is 4.14. The lowest BCUT2D eigenvalue weighted by Gasteiger charge is -2.46. The number of aromatic amines is 1. The number of hydrogen-bond donors (Lipinski definition) is 1. The molecule has 0 atom stereocenters. The first-order valence-corrected chi connectivity index (χ1v) is 8.84. The van der Waals surface area contributed by atoms with Crippen LogP contribution in [0.25, 0.3) is 0 Å². The Hall–Kier alpha value is -2.14. The number of piperidine rings is 2. The lowest BCUT2D eigenvalue weighted by Crippen LogP contribution is -2.53. The van der Waals surface area contributed by atoms with E-state index in [4.69, 9.17) is 0 Å². The zero-order chi connectivity index (χ0) is 16.4. The van der Waals surface area contributed by atoms with E-state index < -0.39 is 0 Å². The fraction of sp³-hybridized carbons (Fsp3) is 0.474. The molecule has 5 nitrogen and oxygen atoms in total. The highest BCUT2D eigenvalue weighted by Gasteiger charge is 2.45. The second-order valence-corrected chi connectivity index (χ2v) is 7.03. The quantitative estimate of drug-likeness (QED) is 0.944. The van der Waals surface area contributed by atoms with Gasteiger partial charge in [-0.05, 0) is 57.0 Å². The Kier molecular flexibility index (Phi) is 4.10. The molecule has 126 valence electrons. The van der Waals surface area contributed by atoms with Crippen molar-refractivity contribution in [3.8, 4) is 0 Å². The molecule has 0 aliphatic carbocycles. The molecule has 2 fully saturated rings. The van der Waals surface area contributed by atoms with Crippen LogP contribution in [0.4, 0.5) is 5.69 Å². The van der Waals surface area contributed by atoms with Gasteiger partial charge < -0.3 is 4.90 Å². The van der Waals surface area contributed by atoms with E-state index in [9.17, 15) is 4.79 Å². The van der Waals surface area contributed by atoms with Crippen molar-refractivity contribution < 1.29 is 4.79 Å². The van der Waals surface area contributed by atoms with Gasteiger partial charge in [-0.3, -0.25) is 14.8 Å². The summed E-state index contributed by atoms with van der Waals surface area (Å²) in [6.07, 6.45) is 5.85. The highest BCUT2D eigenvalue weighted by atomic mass is 16.2. The van der Waals surface area contributed by atoms with E-state index in [0.717, 1.165) is 63.2 Å². The van der Waals surface area contributed by atoms with Gasteiger partial charge in [0.05, 0.1) is 5.41 Å². The van der Waals surface area contributed by atoms with Crippen LogP contribution in [0.1, 0.15) is 31.4 Å². The number of nitrogens with zero attached hydrogens (tertiary/aromatic N) is 3. The normalized spacial score (nSPS) is 21.3. The first kappa shape index (κ1) is 15.4. The van der Waals surface area contributed by atoms with Crippen LogP contribution in [0.5, 0.6) is 0 Å². The average molecular weight is 324 g/mol. The van der Waals surface area contributed by atoms with Gasteiger partial charge in [-0.25, -0.2) is 0 Å². The SMILES string of the molecule is O=C1N(c2ccccc2)CCCC12CCN(Cc1ccn[nH]1)CC2. The summed E-state index contributed by atoms with van der Waals surface area (Å²) in [5, 5.41) is 7.04. The maximum absolute atomic E-state index is 13.2. The Bertz CT molecular complexity index is 675. The van der Waals surface area contributed by atoms with Crippen molar-refractivity contribution in [3.05, 3.63) is 48.3 Å². The number of benzene rings is 1. The van der Waals surface area contributed by atoms with Crippen molar-refractivity contribution in [1.82, 2.24) is 15.1 Å². The first-order chi connectivity index (χ1) is 11.8. The van der Waals surface area contributed by atoms with Crippen molar-refractivity contribution in [3.63, 3.8) is 0 Å². The number of carbonyl (C=O) groups excluding carboxylic acids is 1. The number of H-pyrrole nitrogens is 1. The zero-order valence-corrected chi connectivity index (χ0v) is 13.9. The molecule has 0 radical (unpaired) electrons. The molecule has 1 aromatic heterocycles. The zero-order valence-electron chi connectivity index (χ0n) is 13.9. The molecule has 1 N–H and O–H groups in total. The number of carbonyl (C=O) groups is 1. The lowest BCUT2D eigenvalue weighted by atomic mass is 9.71. The third-order valence-electron chi connectivity index (χ3n) is 5.57. The van der Waals surface area contributed by atoms with Crippen molar-refractivity contribution in [1.29, 1.82) is 0 Å². The van der Waals surface area contributed by atoms with E-state index in [2.05, 4.69) is 15.1 Å². The van der Waals surface area contributed by atoms with Gasteiger partial charge in [0.15, 0.2) is 0 Å². The van der Waals surface area contributed by atoms with Crippen LogP contribution >= 0.6 is 0 Å². The summed E-state index contributed by atoms with van der Waals surface area (Å²) < 4.78 is 0. The summed E-state index contributed by atoms with van der Waals surface area (Å²) in [6, 6.07) is 12.1. The number of hydrogen-bond acceptors (Lipinski definition) is 3. The summed E-state index contributed by atoms with van der Waals surface area (Å²) >= 11 is 0. The van der Waals surface area contributed by atoms with Gasteiger partial charge in [0.2, 0.25) is 5.91 Å². The van der Waals surface area contributed by atoms with Crippen LogP contribution in [-0.4, -0.2) is 40.6 Å². The van der Waals surface area contributed by atoms with Crippen molar-refractivity contribution in [2.45, 2.75) is 32.2 Å². The molecule has 1 aromatic carbocycles. The van der Waals surface area contributed by atoms with Gasteiger partial charge in [-0.2, -0.15) is 5.10 Å². The summed E-state index contributed by atoms with van der Waals surface area (Å²) in [4.78, 5) is 17.6. The second kappa shape index (κ2) is 6.40. The molecule has 0 unspecified atom stereocenters. The van der Waals surface area contributed by atoms with E-state index in [1.807, 2.05) is 41.3 Å². The average Bonchev–Trinajstić information content (AvgIpc) is 3.13. The molecule has 2 aliphatic rings. The monoisotopic (exact) mass is 324 g/mol. The Morgan fingerprint density at radius 2 is 1.83 bits per heavy atom. The number of amides is 1. The molecule has 2 saturated heterocycles. The molecule has 5 heteroatoms. The molecule has 1 amide bonds. The summed E-state index contributed by atoms with van der Waals surface area (Å²) in [7, 11) is 0.